The number of carbonyl (C=O) groups is 2. The Balaban J connectivity index is 1.53. The van der Waals surface area contributed by atoms with Crippen molar-refractivity contribution in [2.75, 3.05) is 42.3 Å². The Morgan fingerprint density at radius 2 is 1.75 bits per heavy atom. The van der Waals surface area contributed by atoms with Gasteiger partial charge >= 0.3 is 5.97 Å². The minimum absolute atomic E-state index is 0.107. The molecule has 0 saturated carbocycles. The van der Waals surface area contributed by atoms with E-state index in [0.717, 1.165) is 24.7 Å². The molecule has 2 N–H and O–H groups in total. The quantitative estimate of drug-likeness (QED) is 0.746. The van der Waals surface area contributed by atoms with Gasteiger partial charge < -0.3 is 20.3 Å². The van der Waals surface area contributed by atoms with Crippen molar-refractivity contribution in [2.24, 2.45) is 5.92 Å². The van der Waals surface area contributed by atoms with Crippen molar-refractivity contribution in [2.45, 2.75) is 19.8 Å². The lowest BCUT2D eigenvalue weighted by atomic mass is 9.99. The monoisotopic (exact) mass is 381 g/mol. The van der Waals surface area contributed by atoms with E-state index >= 15 is 0 Å². The number of methoxy groups -OCH3 is 1. The second kappa shape index (κ2) is 9.26. The maximum absolute atomic E-state index is 12.3. The molecule has 6 nitrogen and oxygen atoms in total. The predicted molar refractivity (Wildman–Crippen MR) is 112 cm³/mol. The summed E-state index contributed by atoms with van der Waals surface area (Å²) in [6.45, 7) is 4.60. The van der Waals surface area contributed by atoms with Crippen molar-refractivity contribution in [1.82, 2.24) is 0 Å². The van der Waals surface area contributed by atoms with Gasteiger partial charge in [-0.25, -0.2) is 4.79 Å². The van der Waals surface area contributed by atoms with E-state index in [-0.39, 0.29) is 12.5 Å². The highest BCUT2D eigenvalue weighted by Gasteiger charge is 2.16. The number of ether oxygens (including phenoxy) is 1. The Morgan fingerprint density at radius 3 is 2.43 bits per heavy atom. The highest BCUT2D eigenvalue weighted by molar-refractivity contribution is 6.02. The fourth-order valence-electron chi connectivity index (χ4n) is 3.31. The molecule has 1 saturated heterocycles. The average Bonchev–Trinajstić information content (AvgIpc) is 2.73. The number of para-hydroxylation sites is 1. The fraction of sp³-hybridized carbons (Fsp3) is 0.364. The third-order valence-electron chi connectivity index (χ3n) is 5.08. The first-order chi connectivity index (χ1) is 13.6. The molecule has 0 bridgehead atoms. The van der Waals surface area contributed by atoms with Crippen LogP contribution in [0.25, 0.3) is 0 Å². The number of nitrogens with zero attached hydrogens (tertiary/aromatic N) is 1. The molecule has 1 amide bonds. The third-order valence-corrected chi connectivity index (χ3v) is 5.08. The van der Waals surface area contributed by atoms with Gasteiger partial charge in [-0.05, 0) is 55.2 Å². The first-order valence-corrected chi connectivity index (χ1v) is 9.63. The molecule has 1 heterocycles. The zero-order chi connectivity index (χ0) is 19.9. The van der Waals surface area contributed by atoms with Crippen LogP contribution in [0, 0.1) is 5.92 Å². The van der Waals surface area contributed by atoms with Crippen LogP contribution in [-0.4, -0.2) is 38.6 Å². The van der Waals surface area contributed by atoms with Crippen LogP contribution in [0.3, 0.4) is 0 Å². The number of amides is 1. The van der Waals surface area contributed by atoms with Gasteiger partial charge in [-0.2, -0.15) is 0 Å². The maximum atomic E-state index is 12.3. The molecule has 3 rings (SSSR count). The third kappa shape index (κ3) is 5.03. The van der Waals surface area contributed by atoms with Crippen LogP contribution >= 0.6 is 0 Å². The smallest absolute Gasteiger partial charge is 0.339 e. The Morgan fingerprint density at radius 1 is 1.07 bits per heavy atom. The van der Waals surface area contributed by atoms with Gasteiger partial charge in [0.25, 0.3) is 0 Å². The Bertz CT molecular complexity index is 812. The van der Waals surface area contributed by atoms with E-state index in [1.54, 1.807) is 24.3 Å². The van der Waals surface area contributed by atoms with Crippen LogP contribution in [0.2, 0.25) is 0 Å². The predicted octanol–water partition coefficient (Wildman–Crippen LogP) is 3.76. The summed E-state index contributed by atoms with van der Waals surface area (Å²) in [5, 5.41) is 5.87. The summed E-state index contributed by atoms with van der Waals surface area (Å²) < 4.78 is 4.74. The van der Waals surface area contributed by atoms with E-state index in [1.807, 2.05) is 12.1 Å². The summed E-state index contributed by atoms with van der Waals surface area (Å²) in [7, 11) is 1.32. The summed E-state index contributed by atoms with van der Waals surface area (Å²) in [6, 6.07) is 14.9. The minimum atomic E-state index is -0.480. The van der Waals surface area contributed by atoms with E-state index < -0.39 is 5.97 Å². The molecule has 1 aliphatic rings. The SMILES string of the molecule is COC(=O)c1ccccc1NC(=O)CNc1ccc(N2CCC(C)CC2)cc1. The van der Waals surface area contributed by atoms with Gasteiger partial charge in [0.05, 0.1) is 24.9 Å². The van der Waals surface area contributed by atoms with Gasteiger partial charge in [0.1, 0.15) is 0 Å². The molecule has 0 aromatic heterocycles. The van der Waals surface area contributed by atoms with E-state index in [1.165, 1.54) is 25.6 Å². The second-order valence-electron chi connectivity index (χ2n) is 7.16. The molecule has 1 aliphatic heterocycles. The zero-order valence-electron chi connectivity index (χ0n) is 16.4. The number of anilines is 3. The van der Waals surface area contributed by atoms with Crippen molar-refractivity contribution in [3.05, 3.63) is 54.1 Å². The number of esters is 1. The number of benzene rings is 2. The van der Waals surface area contributed by atoms with Crippen molar-refractivity contribution in [3.63, 3.8) is 0 Å². The highest BCUT2D eigenvalue weighted by Crippen LogP contribution is 2.24. The number of carbonyl (C=O) groups excluding carboxylic acids is 2. The van der Waals surface area contributed by atoms with Crippen molar-refractivity contribution in [1.29, 1.82) is 0 Å². The molecule has 0 radical (unpaired) electrons. The second-order valence-corrected chi connectivity index (χ2v) is 7.16. The summed E-state index contributed by atoms with van der Waals surface area (Å²) in [6.07, 6.45) is 2.46. The van der Waals surface area contributed by atoms with Crippen LogP contribution in [0.5, 0.6) is 0 Å². The molecule has 0 spiro atoms. The van der Waals surface area contributed by atoms with Crippen molar-refractivity contribution in [3.8, 4) is 0 Å². The largest absolute Gasteiger partial charge is 0.465 e. The van der Waals surface area contributed by atoms with Gasteiger partial charge in [-0.3, -0.25) is 4.79 Å². The van der Waals surface area contributed by atoms with E-state index in [9.17, 15) is 9.59 Å². The first kappa shape index (κ1) is 19.7. The van der Waals surface area contributed by atoms with E-state index in [0.29, 0.717) is 11.3 Å². The van der Waals surface area contributed by atoms with Crippen LogP contribution in [0.15, 0.2) is 48.5 Å². The Kier molecular flexibility index (Phi) is 6.53. The number of rotatable bonds is 6. The molecule has 148 valence electrons. The average molecular weight is 381 g/mol. The lowest BCUT2D eigenvalue weighted by Crippen LogP contribution is -2.32. The van der Waals surface area contributed by atoms with Crippen molar-refractivity contribution >= 4 is 28.9 Å². The fourth-order valence-corrected chi connectivity index (χ4v) is 3.31. The summed E-state index contributed by atoms with van der Waals surface area (Å²) in [4.78, 5) is 26.4. The molecular weight excluding hydrogens is 354 g/mol. The summed E-state index contributed by atoms with van der Waals surface area (Å²) in [5.41, 5.74) is 2.87. The number of piperidine rings is 1. The van der Waals surface area contributed by atoms with E-state index in [2.05, 4.69) is 34.6 Å². The molecule has 1 fully saturated rings. The van der Waals surface area contributed by atoms with Gasteiger partial charge in [0, 0.05) is 24.5 Å². The molecule has 0 aliphatic carbocycles. The normalized spacial score (nSPS) is 14.4. The number of hydrogen-bond acceptors (Lipinski definition) is 5. The molecule has 2 aromatic carbocycles. The summed E-state index contributed by atoms with van der Waals surface area (Å²) >= 11 is 0. The topological polar surface area (TPSA) is 70.7 Å². The maximum Gasteiger partial charge on any atom is 0.339 e. The summed E-state index contributed by atoms with van der Waals surface area (Å²) in [5.74, 6) is 0.0945. The molecule has 2 aromatic rings. The van der Waals surface area contributed by atoms with E-state index in [4.69, 9.17) is 4.74 Å². The molecule has 0 unspecified atom stereocenters. The highest BCUT2D eigenvalue weighted by atomic mass is 16.5. The number of nitrogens with one attached hydrogen (secondary N) is 2. The number of hydrogen-bond donors (Lipinski definition) is 2. The van der Waals surface area contributed by atoms with Gasteiger partial charge in [-0.15, -0.1) is 0 Å². The lowest BCUT2D eigenvalue weighted by Gasteiger charge is -2.32. The minimum Gasteiger partial charge on any atom is -0.465 e. The molecular formula is C22H27N3O3. The first-order valence-electron chi connectivity index (χ1n) is 9.63. The Labute approximate surface area is 165 Å². The van der Waals surface area contributed by atoms with Crippen LogP contribution < -0.4 is 15.5 Å². The zero-order valence-corrected chi connectivity index (χ0v) is 16.4. The van der Waals surface area contributed by atoms with Gasteiger partial charge in [0.15, 0.2) is 0 Å². The van der Waals surface area contributed by atoms with Crippen LogP contribution in [-0.2, 0) is 9.53 Å². The van der Waals surface area contributed by atoms with Gasteiger partial charge in [0.2, 0.25) is 5.91 Å². The molecule has 0 atom stereocenters. The van der Waals surface area contributed by atoms with Gasteiger partial charge in [-0.1, -0.05) is 19.1 Å². The standard InChI is InChI=1S/C22H27N3O3/c1-16-11-13-25(14-12-16)18-9-7-17(8-10-18)23-15-21(26)24-20-6-4-3-5-19(20)22(27)28-2/h3-10,16,23H,11-15H2,1-2H3,(H,24,26). The molecule has 28 heavy (non-hydrogen) atoms. The molecule has 6 heteroatoms. The lowest BCUT2D eigenvalue weighted by molar-refractivity contribution is -0.114. The van der Waals surface area contributed by atoms with Crippen LogP contribution in [0.4, 0.5) is 17.1 Å². The van der Waals surface area contributed by atoms with Crippen molar-refractivity contribution < 1.29 is 14.3 Å². The van der Waals surface area contributed by atoms with Crippen LogP contribution in [0.1, 0.15) is 30.1 Å². The Hall–Kier alpha value is -3.02.